The van der Waals surface area contributed by atoms with Gasteiger partial charge in [0, 0.05) is 11.3 Å². The van der Waals surface area contributed by atoms with Crippen LogP contribution in [0.3, 0.4) is 0 Å². The molecule has 1 aromatic rings. The van der Waals surface area contributed by atoms with E-state index in [2.05, 4.69) is 19.1 Å². The summed E-state index contributed by atoms with van der Waals surface area (Å²) < 4.78 is 0. The smallest absolute Gasteiger partial charge is 0.239 e. The molecule has 0 aliphatic rings. The van der Waals surface area contributed by atoms with Gasteiger partial charge in [0.1, 0.15) is 6.61 Å². The summed E-state index contributed by atoms with van der Waals surface area (Å²) in [7, 11) is 0. The Kier molecular flexibility index (Phi) is 8.67. The summed E-state index contributed by atoms with van der Waals surface area (Å²) in [6, 6.07) is 7.09. The molecule has 0 aliphatic heterocycles. The second-order valence-corrected chi connectivity index (χ2v) is 5.66. The van der Waals surface area contributed by atoms with Crippen molar-refractivity contribution in [2.24, 2.45) is 0 Å². The van der Waals surface area contributed by atoms with E-state index >= 15 is 0 Å². The van der Waals surface area contributed by atoms with Crippen molar-refractivity contribution in [3.05, 3.63) is 45.5 Å². The van der Waals surface area contributed by atoms with Crippen LogP contribution in [-0.2, 0) is 12.8 Å². The number of benzene rings is 1. The maximum atomic E-state index is 10.7. The Morgan fingerprint density at radius 3 is 2.19 bits per heavy atom. The minimum absolute atomic E-state index is 0.292. The van der Waals surface area contributed by atoms with Crippen LogP contribution in [0.5, 0.6) is 0 Å². The Labute approximate surface area is 127 Å². The number of nitrogens with zero attached hydrogens (tertiary/aromatic N) is 1. The van der Waals surface area contributed by atoms with E-state index in [0.717, 1.165) is 12.0 Å². The summed E-state index contributed by atoms with van der Waals surface area (Å²) in [6.45, 7) is 1.81. The lowest BCUT2D eigenvalue weighted by Crippen LogP contribution is -2.26. The van der Waals surface area contributed by atoms with E-state index in [1.54, 1.807) is 0 Å². The van der Waals surface area contributed by atoms with Gasteiger partial charge in [-0.05, 0) is 24.0 Å². The molecule has 0 saturated heterocycles. The van der Waals surface area contributed by atoms with E-state index in [1.807, 2.05) is 12.1 Å². The van der Waals surface area contributed by atoms with Gasteiger partial charge in [-0.3, -0.25) is 10.1 Å². The molecule has 0 saturated carbocycles. The number of nitro groups is 1. The van der Waals surface area contributed by atoms with Gasteiger partial charge in [-0.15, -0.1) is 0 Å². The number of aryl methyl sites for hydroxylation is 1. The third-order valence-electron chi connectivity index (χ3n) is 3.82. The molecule has 21 heavy (non-hydrogen) atoms. The van der Waals surface area contributed by atoms with Gasteiger partial charge in [0.15, 0.2) is 0 Å². The van der Waals surface area contributed by atoms with Crippen LogP contribution >= 0.6 is 0 Å². The number of hydrogen-bond acceptors (Lipinski definition) is 3. The third-order valence-corrected chi connectivity index (χ3v) is 3.82. The quantitative estimate of drug-likeness (QED) is 0.384. The molecule has 118 valence electrons. The predicted octanol–water partition coefficient (Wildman–Crippen LogP) is 3.77. The fraction of sp³-hybridized carbons (Fsp3) is 0.647. The first kappa shape index (κ1) is 17.6. The SMILES string of the molecule is CCCCCCCCc1ccc(CC(CO)[N+](=O)[O-])cc1. The van der Waals surface area contributed by atoms with Gasteiger partial charge in [0.2, 0.25) is 6.04 Å². The van der Waals surface area contributed by atoms with Crippen molar-refractivity contribution in [3.8, 4) is 0 Å². The van der Waals surface area contributed by atoms with Crippen molar-refractivity contribution in [2.75, 3.05) is 6.61 Å². The predicted molar refractivity (Wildman–Crippen MR) is 85.1 cm³/mol. The summed E-state index contributed by atoms with van der Waals surface area (Å²) in [5.41, 5.74) is 2.20. The summed E-state index contributed by atoms with van der Waals surface area (Å²) in [6.07, 6.45) is 9.10. The Hall–Kier alpha value is -1.42. The van der Waals surface area contributed by atoms with Crippen molar-refractivity contribution in [3.63, 3.8) is 0 Å². The molecular weight excluding hydrogens is 266 g/mol. The Balaban J connectivity index is 2.31. The zero-order valence-corrected chi connectivity index (χ0v) is 13.0. The Morgan fingerprint density at radius 2 is 1.62 bits per heavy atom. The Bertz CT molecular complexity index is 403. The number of aliphatic hydroxyl groups is 1. The highest BCUT2D eigenvalue weighted by atomic mass is 16.6. The van der Waals surface area contributed by atoms with Crippen LogP contribution < -0.4 is 0 Å². The second-order valence-electron chi connectivity index (χ2n) is 5.66. The number of unbranched alkanes of at least 4 members (excludes halogenated alkanes) is 5. The molecule has 0 fully saturated rings. The molecule has 0 aliphatic carbocycles. The molecular formula is C17H27NO3. The lowest BCUT2D eigenvalue weighted by molar-refractivity contribution is -0.525. The van der Waals surface area contributed by atoms with Gasteiger partial charge in [0.05, 0.1) is 0 Å². The zero-order chi connectivity index (χ0) is 15.5. The summed E-state index contributed by atoms with van der Waals surface area (Å²) >= 11 is 0. The maximum Gasteiger partial charge on any atom is 0.239 e. The molecule has 1 rings (SSSR count). The highest BCUT2D eigenvalue weighted by molar-refractivity contribution is 5.23. The molecule has 0 spiro atoms. The molecule has 0 bridgehead atoms. The van der Waals surface area contributed by atoms with Crippen molar-refractivity contribution < 1.29 is 10.0 Å². The minimum Gasteiger partial charge on any atom is -0.389 e. The average Bonchev–Trinajstić information content (AvgIpc) is 2.49. The van der Waals surface area contributed by atoms with E-state index < -0.39 is 17.6 Å². The maximum absolute atomic E-state index is 10.7. The highest BCUT2D eigenvalue weighted by Gasteiger charge is 2.18. The van der Waals surface area contributed by atoms with Crippen LogP contribution in [-0.4, -0.2) is 22.7 Å². The van der Waals surface area contributed by atoms with Crippen molar-refractivity contribution in [1.82, 2.24) is 0 Å². The molecule has 1 atom stereocenters. The highest BCUT2D eigenvalue weighted by Crippen LogP contribution is 2.12. The molecule has 0 radical (unpaired) electrons. The van der Waals surface area contributed by atoms with Gasteiger partial charge in [-0.2, -0.15) is 0 Å². The lowest BCUT2D eigenvalue weighted by Gasteiger charge is -2.07. The van der Waals surface area contributed by atoms with Gasteiger partial charge >= 0.3 is 0 Å². The zero-order valence-electron chi connectivity index (χ0n) is 13.0. The lowest BCUT2D eigenvalue weighted by atomic mass is 10.0. The molecule has 4 nitrogen and oxygen atoms in total. The molecule has 1 N–H and O–H groups in total. The van der Waals surface area contributed by atoms with E-state index in [9.17, 15) is 10.1 Å². The fourth-order valence-electron chi connectivity index (χ4n) is 2.43. The first-order valence-electron chi connectivity index (χ1n) is 7.99. The average molecular weight is 293 g/mol. The summed E-state index contributed by atoms with van der Waals surface area (Å²) in [4.78, 5) is 10.3. The van der Waals surface area contributed by atoms with Crippen molar-refractivity contribution in [1.29, 1.82) is 0 Å². The van der Waals surface area contributed by atoms with E-state index in [1.165, 1.54) is 44.1 Å². The van der Waals surface area contributed by atoms with Crippen LogP contribution in [0.1, 0.15) is 56.6 Å². The first-order chi connectivity index (χ1) is 10.2. The fourth-order valence-corrected chi connectivity index (χ4v) is 2.43. The topological polar surface area (TPSA) is 63.4 Å². The third kappa shape index (κ3) is 7.23. The van der Waals surface area contributed by atoms with Crippen LogP contribution in [0.25, 0.3) is 0 Å². The van der Waals surface area contributed by atoms with Gasteiger partial charge < -0.3 is 5.11 Å². The first-order valence-corrected chi connectivity index (χ1v) is 7.99. The van der Waals surface area contributed by atoms with E-state index in [0.29, 0.717) is 6.42 Å². The normalized spacial score (nSPS) is 12.3. The molecule has 1 aromatic carbocycles. The van der Waals surface area contributed by atoms with Gasteiger partial charge in [-0.25, -0.2) is 0 Å². The second kappa shape index (κ2) is 10.3. The summed E-state index contributed by atoms with van der Waals surface area (Å²) in [5.74, 6) is 0. The number of hydrogen-bond donors (Lipinski definition) is 1. The van der Waals surface area contributed by atoms with Crippen LogP contribution in [0, 0.1) is 10.1 Å². The van der Waals surface area contributed by atoms with Crippen LogP contribution in [0.2, 0.25) is 0 Å². The van der Waals surface area contributed by atoms with Crippen molar-refractivity contribution in [2.45, 2.75) is 64.3 Å². The molecule has 1 unspecified atom stereocenters. The van der Waals surface area contributed by atoms with E-state index in [-0.39, 0.29) is 0 Å². The van der Waals surface area contributed by atoms with Crippen LogP contribution in [0.15, 0.2) is 24.3 Å². The summed E-state index contributed by atoms with van der Waals surface area (Å²) in [5, 5.41) is 19.7. The number of rotatable bonds is 11. The largest absolute Gasteiger partial charge is 0.389 e. The minimum atomic E-state index is -0.894. The van der Waals surface area contributed by atoms with Crippen LogP contribution in [0.4, 0.5) is 0 Å². The molecule has 0 heterocycles. The van der Waals surface area contributed by atoms with Gasteiger partial charge in [0.25, 0.3) is 0 Å². The van der Waals surface area contributed by atoms with Crippen molar-refractivity contribution >= 4 is 0 Å². The van der Waals surface area contributed by atoms with E-state index in [4.69, 9.17) is 5.11 Å². The standard InChI is InChI=1S/C17H27NO3/c1-2-3-4-5-6-7-8-15-9-11-16(12-10-15)13-17(14-19)18(20)21/h9-12,17,19H,2-8,13-14H2,1H3. The monoisotopic (exact) mass is 293 g/mol. The molecule has 0 aromatic heterocycles. The molecule has 4 heteroatoms. The molecule has 0 amide bonds. The van der Waals surface area contributed by atoms with Gasteiger partial charge in [-0.1, -0.05) is 63.3 Å². The Morgan fingerprint density at radius 1 is 1.05 bits per heavy atom. The number of aliphatic hydroxyl groups excluding tert-OH is 1.